The van der Waals surface area contributed by atoms with Crippen LogP contribution in [0.3, 0.4) is 0 Å². The zero-order valence-corrected chi connectivity index (χ0v) is 48.2. The molecular formula is C64H122O9. The number of unbranched alkanes of at least 4 members (excludes halogenated alkanes) is 42. The van der Waals surface area contributed by atoms with Crippen molar-refractivity contribution in [3.63, 3.8) is 0 Å². The van der Waals surface area contributed by atoms with Gasteiger partial charge >= 0.3 is 5.97 Å². The van der Waals surface area contributed by atoms with E-state index in [0.29, 0.717) is 13.0 Å². The van der Waals surface area contributed by atoms with Gasteiger partial charge in [0, 0.05) is 13.0 Å². The van der Waals surface area contributed by atoms with Gasteiger partial charge in [-0.25, -0.2) is 0 Å². The van der Waals surface area contributed by atoms with Gasteiger partial charge in [-0.3, -0.25) is 4.79 Å². The molecule has 1 aliphatic rings. The van der Waals surface area contributed by atoms with E-state index in [-0.39, 0.29) is 19.2 Å². The number of hydrogen-bond acceptors (Lipinski definition) is 9. The maximum Gasteiger partial charge on any atom is 0.306 e. The Morgan fingerprint density at radius 1 is 0.438 bits per heavy atom. The third kappa shape index (κ3) is 45.4. The Bertz CT molecular complexity index is 1180. The Hall–Kier alpha value is -1.33. The lowest BCUT2D eigenvalue weighted by Gasteiger charge is -2.39. The summed E-state index contributed by atoms with van der Waals surface area (Å²) in [6.07, 6.45) is 62.5. The standard InChI is InChI=1S/C64H122O9/c1-3-5-7-9-11-13-15-17-19-21-23-25-27-29-31-33-35-37-39-41-43-45-47-49-51-53-60(66)72-58(57-71-64-63(69)62(68)61(67)59(55-65)73-64)56-70-54-52-50-48-46-44-42-40-38-36-34-32-30-28-26-24-22-20-18-16-14-12-10-8-6-4-2/h15,17,21,23,58-59,61-65,67-69H,3-14,16,18-20,22,24-57H2,1-2H3/b17-15-,23-21-. The molecule has 0 aliphatic carbocycles. The fourth-order valence-corrected chi connectivity index (χ4v) is 10.2. The summed E-state index contributed by atoms with van der Waals surface area (Å²) >= 11 is 0. The van der Waals surface area contributed by atoms with E-state index < -0.39 is 43.4 Å². The van der Waals surface area contributed by atoms with Crippen LogP contribution in [-0.2, 0) is 23.7 Å². The number of aliphatic hydroxyl groups is 4. The molecule has 6 atom stereocenters. The van der Waals surface area contributed by atoms with Crippen molar-refractivity contribution in [1.29, 1.82) is 0 Å². The topological polar surface area (TPSA) is 135 Å². The Morgan fingerprint density at radius 3 is 1.18 bits per heavy atom. The molecule has 1 aliphatic heterocycles. The molecule has 0 aromatic heterocycles. The van der Waals surface area contributed by atoms with E-state index in [4.69, 9.17) is 18.9 Å². The number of ether oxygens (including phenoxy) is 4. The molecular weight excluding hydrogens is 913 g/mol. The van der Waals surface area contributed by atoms with Crippen molar-refractivity contribution in [2.24, 2.45) is 0 Å². The van der Waals surface area contributed by atoms with E-state index in [0.717, 1.165) is 38.5 Å². The Morgan fingerprint density at radius 2 is 0.795 bits per heavy atom. The molecule has 0 amide bonds. The van der Waals surface area contributed by atoms with Crippen molar-refractivity contribution in [2.75, 3.05) is 26.4 Å². The van der Waals surface area contributed by atoms with Crippen LogP contribution in [0, 0.1) is 0 Å². The highest BCUT2D eigenvalue weighted by Crippen LogP contribution is 2.23. The smallest absolute Gasteiger partial charge is 0.306 e. The largest absolute Gasteiger partial charge is 0.457 e. The normalized spacial score (nSPS) is 18.7. The van der Waals surface area contributed by atoms with Crippen LogP contribution < -0.4 is 0 Å². The molecule has 0 aromatic carbocycles. The van der Waals surface area contributed by atoms with Gasteiger partial charge in [0.25, 0.3) is 0 Å². The van der Waals surface area contributed by atoms with Gasteiger partial charge in [-0.05, 0) is 44.9 Å². The highest BCUT2D eigenvalue weighted by atomic mass is 16.7. The van der Waals surface area contributed by atoms with Gasteiger partial charge < -0.3 is 39.4 Å². The monoisotopic (exact) mass is 1030 g/mol. The molecule has 9 heteroatoms. The van der Waals surface area contributed by atoms with Crippen molar-refractivity contribution in [3.05, 3.63) is 24.3 Å². The van der Waals surface area contributed by atoms with E-state index in [1.54, 1.807) is 0 Å². The third-order valence-electron chi connectivity index (χ3n) is 15.1. The van der Waals surface area contributed by atoms with Crippen molar-refractivity contribution in [3.8, 4) is 0 Å². The number of aliphatic hydroxyl groups excluding tert-OH is 4. The van der Waals surface area contributed by atoms with Gasteiger partial charge in [0.15, 0.2) is 6.29 Å². The summed E-state index contributed by atoms with van der Waals surface area (Å²) in [5.41, 5.74) is 0. The van der Waals surface area contributed by atoms with Crippen LogP contribution in [0.25, 0.3) is 0 Å². The molecule has 0 aromatic rings. The highest BCUT2D eigenvalue weighted by molar-refractivity contribution is 5.69. The van der Waals surface area contributed by atoms with Gasteiger partial charge in [-0.1, -0.05) is 289 Å². The van der Waals surface area contributed by atoms with Crippen LogP contribution in [0.2, 0.25) is 0 Å². The first kappa shape index (κ1) is 69.7. The quantitative estimate of drug-likeness (QED) is 0.0267. The average molecular weight is 1040 g/mol. The fraction of sp³-hybridized carbons (Fsp3) is 0.922. The van der Waals surface area contributed by atoms with Gasteiger partial charge in [0.2, 0.25) is 0 Å². The first-order valence-corrected chi connectivity index (χ1v) is 31.9. The van der Waals surface area contributed by atoms with Crippen LogP contribution in [0.5, 0.6) is 0 Å². The lowest BCUT2D eigenvalue weighted by atomic mass is 9.99. The maximum absolute atomic E-state index is 12.9. The van der Waals surface area contributed by atoms with Crippen LogP contribution in [0.15, 0.2) is 24.3 Å². The van der Waals surface area contributed by atoms with Gasteiger partial charge in [0.05, 0.1) is 19.8 Å². The molecule has 9 nitrogen and oxygen atoms in total. The molecule has 1 fully saturated rings. The molecule has 6 unspecified atom stereocenters. The second-order valence-electron chi connectivity index (χ2n) is 22.2. The number of hydrogen-bond donors (Lipinski definition) is 4. The molecule has 1 saturated heterocycles. The first-order chi connectivity index (χ1) is 35.9. The summed E-state index contributed by atoms with van der Waals surface area (Å²) in [5, 5.41) is 40.4. The lowest BCUT2D eigenvalue weighted by Crippen LogP contribution is -2.59. The minimum Gasteiger partial charge on any atom is -0.457 e. The van der Waals surface area contributed by atoms with Crippen LogP contribution in [0.4, 0.5) is 0 Å². The number of rotatable bonds is 57. The predicted molar refractivity (Wildman–Crippen MR) is 307 cm³/mol. The summed E-state index contributed by atoms with van der Waals surface area (Å²) in [6, 6.07) is 0. The van der Waals surface area contributed by atoms with Gasteiger partial charge in [0.1, 0.15) is 30.5 Å². The van der Waals surface area contributed by atoms with E-state index in [1.807, 2.05) is 0 Å². The van der Waals surface area contributed by atoms with E-state index in [1.165, 1.54) is 257 Å². The molecule has 4 N–H and O–H groups in total. The molecule has 1 rings (SSSR count). The minimum absolute atomic E-state index is 0.108. The summed E-state index contributed by atoms with van der Waals surface area (Å²) in [7, 11) is 0. The molecule has 1 heterocycles. The summed E-state index contributed by atoms with van der Waals surface area (Å²) in [4.78, 5) is 12.9. The maximum atomic E-state index is 12.9. The van der Waals surface area contributed by atoms with Gasteiger partial charge in [-0.15, -0.1) is 0 Å². The second kappa shape index (κ2) is 55.4. The lowest BCUT2D eigenvalue weighted by molar-refractivity contribution is -0.305. The van der Waals surface area contributed by atoms with Crippen LogP contribution in [-0.4, -0.2) is 89.6 Å². The van der Waals surface area contributed by atoms with Crippen molar-refractivity contribution >= 4 is 5.97 Å². The number of carbonyl (C=O) groups is 1. The molecule has 0 saturated carbocycles. The fourth-order valence-electron chi connectivity index (χ4n) is 10.2. The van der Waals surface area contributed by atoms with Crippen molar-refractivity contribution < 1.29 is 44.2 Å². The van der Waals surface area contributed by atoms with E-state index in [2.05, 4.69) is 38.2 Å². The SMILES string of the molecule is CCCCCCC/C=C\C/C=C\CCCCCCCCCCCCCCCC(=O)OC(COCCCCCCCCCCCCCCCCCCCCCCCCCCC)COC1OC(CO)C(O)C(O)C1O. The summed E-state index contributed by atoms with van der Waals surface area (Å²) in [6.45, 7) is 4.63. The predicted octanol–water partition coefficient (Wildman–Crippen LogP) is 17.2. The second-order valence-corrected chi connectivity index (χ2v) is 22.2. The Balaban J connectivity index is 2.10. The summed E-state index contributed by atoms with van der Waals surface area (Å²) in [5.74, 6) is -0.306. The van der Waals surface area contributed by atoms with E-state index in [9.17, 15) is 25.2 Å². The number of carbonyl (C=O) groups excluding carboxylic acids is 1. The molecule has 0 radical (unpaired) electrons. The van der Waals surface area contributed by atoms with Crippen LogP contribution in [0.1, 0.15) is 316 Å². The number of allylic oxidation sites excluding steroid dienone is 4. The highest BCUT2D eigenvalue weighted by Gasteiger charge is 2.44. The van der Waals surface area contributed by atoms with Crippen LogP contribution >= 0.6 is 0 Å². The Labute approximate surface area is 451 Å². The molecule has 73 heavy (non-hydrogen) atoms. The molecule has 432 valence electrons. The zero-order valence-electron chi connectivity index (χ0n) is 48.2. The van der Waals surface area contributed by atoms with Gasteiger partial charge in [-0.2, -0.15) is 0 Å². The summed E-state index contributed by atoms with van der Waals surface area (Å²) < 4.78 is 23.0. The first-order valence-electron chi connectivity index (χ1n) is 31.9. The van der Waals surface area contributed by atoms with Crippen molar-refractivity contribution in [1.82, 2.24) is 0 Å². The van der Waals surface area contributed by atoms with Crippen molar-refractivity contribution in [2.45, 2.75) is 352 Å². The minimum atomic E-state index is -1.54. The molecule has 0 spiro atoms. The van der Waals surface area contributed by atoms with E-state index >= 15 is 0 Å². The third-order valence-corrected chi connectivity index (χ3v) is 15.1. The average Bonchev–Trinajstić information content (AvgIpc) is 3.39. The zero-order chi connectivity index (χ0) is 52.8. The molecule has 0 bridgehead atoms. The Kier molecular flexibility index (Phi) is 52.9. The number of esters is 1.